The first kappa shape index (κ1) is 42.7. The molecule has 0 radical (unpaired) electrons. The van der Waals surface area contributed by atoms with Gasteiger partial charge in [-0.05, 0) is 11.4 Å². The van der Waals surface area contributed by atoms with Crippen molar-refractivity contribution in [2.45, 2.75) is 68.4 Å². The van der Waals surface area contributed by atoms with Crippen LogP contribution in [0.2, 0.25) is 0 Å². The zero-order chi connectivity index (χ0) is 34.7. The Morgan fingerprint density at radius 1 is 0.587 bits per heavy atom. The molecule has 3 atom stereocenters. The van der Waals surface area contributed by atoms with Crippen LogP contribution in [0.5, 0.6) is 0 Å². The molecule has 272 valence electrons. The summed E-state index contributed by atoms with van der Waals surface area (Å²) in [5.41, 5.74) is 0. The average Bonchev–Trinajstić information content (AvgIpc) is 3.43. The van der Waals surface area contributed by atoms with Crippen LogP contribution in [0.15, 0.2) is 17.5 Å². The second-order valence-electron chi connectivity index (χ2n) is 9.78. The summed E-state index contributed by atoms with van der Waals surface area (Å²) in [7, 11) is 0. The monoisotopic (exact) mass is 712 g/mol. The Morgan fingerprint density at radius 3 is 1.41 bits per heavy atom. The van der Waals surface area contributed by atoms with Gasteiger partial charge in [-0.25, -0.2) is 0 Å². The van der Waals surface area contributed by atoms with Gasteiger partial charge in [0.2, 0.25) is 0 Å². The van der Waals surface area contributed by atoms with E-state index in [1.54, 1.807) is 11.3 Å². The van der Waals surface area contributed by atoms with Gasteiger partial charge in [0.25, 0.3) is 0 Å². The molecule has 20 heteroatoms. The largest absolute Gasteiger partial charge is 0.394 e. The van der Waals surface area contributed by atoms with Crippen LogP contribution < -0.4 is 0 Å². The predicted molar refractivity (Wildman–Crippen MR) is 143 cm³/mol. The second kappa shape index (κ2) is 21.6. The molecule has 11 nitrogen and oxygen atoms in total. The normalized spacial score (nSPS) is 15.3. The number of hydrogen-bond donors (Lipinski definition) is 4. The van der Waals surface area contributed by atoms with Gasteiger partial charge in [-0.3, -0.25) is 9.47 Å². The van der Waals surface area contributed by atoms with Crippen LogP contribution >= 0.6 is 11.3 Å². The SMILES string of the molecule is OCCOCC(O)COCCC(F)(F)OC(F)(F)CC(F)(F)OC(F)(F)CCOCC(O)COCC(O)COCCc1cccs1. The summed E-state index contributed by atoms with van der Waals surface area (Å²) in [6.45, 7) is -4.16. The topological polar surface area (TPSA) is 146 Å². The van der Waals surface area contributed by atoms with Gasteiger partial charge in [0.1, 0.15) is 24.7 Å². The molecule has 1 rings (SSSR count). The Kier molecular flexibility index (Phi) is 20.1. The first-order valence-electron chi connectivity index (χ1n) is 13.9. The minimum absolute atomic E-state index is 0.0385. The number of alkyl halides is 8. The summed E-state index contributed by atoms with van der Waals surface area (Å²) in [4.78, 5) is 1.11. The first-order chi connectivity index (χ1) is 21.4. The number of aliphatic hydroxyl groups is 4. The van der Waals surface area contributed by atoms with E-state index in [9.17, 15) is 50.4 Å². The highest BCUT2D eigenvalue weighted by atomic mass is 32.1. The average molecular weight is 713 g/mol. The Morgan fingerprint density at radius 2 is 1.00 bits per heavy atom. The van der Waals surface area contributed by atoms with E-state index in [-0.39, 0.29) is 39.6 Å². The predicted octanol–water partition coefficient (Wildman–Crippen LogP) is 3.02. The van der Waals surface area contributed by atoms with E-state index < -0.39 is 88.4 Å². The highest BCUT2D eigenvalue weighted by Gasteiger charge is 2.54. The molecule has 0 aromatic carbocycles. The summed E-state index contributed by atoms with van der Waals surface area (Å²) in [6, 6.07) is 3.83. The smallest absolute Gasteiger partial charge is 0.368 e. The Labute approximate surface area is 263 Å². The molecule has 46 heavy (non-hydrogen) atoms. The van der Waals surface area contributed by atoms with E-state index in [0.717, 1.165) is 4.88 Å². The third-order valence-electron chi connectivity index (χ3n) is 5.25. The van der Waals surface area contributed by atoms with E-state index in [0.29, 0.717) is 13.0 Å². The number of halogens is 8. The van der Waals surface area contributed by atoms with Crippen LogP contribution in [0.4, 0.5) is 35.1 Å². The number of ether oxygens (including phenoxy) is 7. The fraction of sp³-hybridized carbons (Fsp3) is 0.846. The minimum Gasteiger partial charge on any atom is -0.394 e. The summed E-state index contributed by atoms with van der Waals surface area (Å²) < 4.78 is 141. The van der Waals surface area contributed by atoms with Crippen molar-refractivity contribution in [3.63, 3.8) is 0 Å². The molecule has 0 saturated heterocycles. The van der Waals surface area contributed by atoms with E-state index in [1.807, 2.05) is 17.5 Å². The molecule has 0 amide bonds. The number of rotatable bonds is 29. The molecular weight excluding hydrogens is 672 g/mol. The molecule has 1 aromatic heterocycles. The van der Waals surface area contributed by atoms with Crippen molar-refractivity contribution < 1.29 is 88.7 Å². The van der Waals surface area contributed by atoms with Crippen LogP contribution in [0, 0.1) is 0 Å². The lowest BCUT2D eigenvalue weighted by molar-refractivity contribution is -0.432. The van der Waals surface area contributed by atoms with Crippen LogP contribution in [-0.4, -0.2) is 136 Å². The van der Waals surface area contributed by atoms with Gasteiger partial charge in [-0.15, -0.1) is 11.3 Å². The van der Waals surface area contributed by atoms with Gasteiger partial charge < -0.3 is 44.1 Å². The van der Waals surface area contributed by atoms with E-state index in [2.05, 4.69) is 14.2 Å². The summed E-state index contributed by atoms with van der Waals surface area (Å²) in [6.07, 6.45) is -29.2. The van der Waals surface area contributed by atoms with E-state index in [1.165, 1.54) is 0 Å². The van der Waals surface area contributed by atoms with Gasteiger partial charge >= 0.3 is 24.4 Å². The molecule has 4 N–H and O–H groups in total. The quantitative estimate of drug-likeness (QED) is 0.0719. The van der Waals surface area contributed by atoms with Crippen LogP contribution in [0.25, 0.3) is 0 Å². The fourth-order valence-corrected chi connectivity index (χ4v) is 3.98. The van der Waals surface area contributed by atoms with E-state index in [4.69, 9.17) is 24.1 Å². The van der Waals surface area contributed by atoms with Gasteiger partial charge in [0.15, 0.2) is 0 Å². The highest BCUT2D eigenvalue weighted by Crippen LogP contribution is 2.40. The maximum Gasteiger partial charge on any atom is 0.368 e. The number of thiophene rings is 1. The summed E-state index contributed by atoms with van der Waals surface area (Å²) >= 11 is 1.56. The third-order valence-corrected chi connectivity index (χ3v) is 6.19. The molecule has 0 aliphatic heterocycles. The number of hydrogen-bond acceptors (Lipinski definition) is 12. The summed E-state index contributed by atoms with van der Waals surface area (Å²) in [5.74, 6) is 0. The van der Waals surface area contributed by atoms with Crippen molar-refractivity contribution in [2.75, 3.05) is 72.7 Å². The molecule has 0 spiro atoms. The van der Waals surface area contributed by atoms with Crippen LogP contribution in [-0.2, 0) is 39.6 Å². The molecule has 1 heterocycles. The second-order valence-corrected chi connectivity index (χ2v) is 10.8. The third kappa shape index (κ3) is 22.3. The standard InChI is InChI=1S/C26H40F8O11S/c27-23(28,4-8-40-13-19(36)15-42-10-6-35)44-25(31,32)18-26(33,34)45-24(29,30)5-9-41-14-21(38)17-43-16-20(37)12-39-7-3-22-2-1-11-46-22/h1-2,11,19-21,35-38H,3-10,12-18H2. The van der Waals surface area contributed by atoms with Crippen molar-refractivity contribution in [3.8, 4) is 0 Å². The van der Waals surface area contributed by atoms with Crippen molar-refractivity contribution in [1.29, 1.82) is 0 Å². The minimum atomic E-state index is -5.32. The molecule has 3 unspecified atom stereocenters. The van der Waals surface area contributed by atoms with Crippen molar-refractivity contribution in [1.82, 2.24) is 0 Å². The molecule has 0 bridgehead atoms. The maximum atomic E-state index is 13.8. The Bertz CT molecular complexity index is 903. The highest BCUT2D eigenvalue weighted by molar-refractivity contribution is 7.09. The van der Waals surface area contributed by atoms with Crippen LogP contribution in [0.3, 0.4) is 0 Å². The summed E-state index contributed by atoms with van der Waals surface area (Å²) in [5, 5.41) is 39.4. The zero-order valence-corrected chi connectivity index (χ0v) is 25.5. The van der Waals surface area contributed by atoms with Gasteiger partial charge in [-0.2, -0.15) is 35.1 Å². The van der Waals surface area contributed by atoms with Gasteiger partial charge in [0, 0.05) is 11.3 Å². The Balaban J connectivity index is 2.26. The van der Waals surface area contributed by atoms with Crippen molar-refractivity contribution >= 4 is 11.3 Å². The first-order valence-corrected chi connectivity index (χ1v) is 14.8. The van der Waals surface area contributed by atoms with Gasteiger partial charge in [0.05, 0.1) is 85.5 Å². The van der Waals surface area contributed by atoms with Crippen molar-refractivity contribution in [2.24, 2.45) is 0 Å². The molecule has 1 aromatic rings. The maximum absolute atomic E-state index is 13.8. The molecule has 0 fully saturated rings. The fourth-order valence-electron chi connectivity index (χ4n) is 3.29. The molecule has 0 saturated carbocycles. The molecular formula is C26H40F8O11S. The van der Waals surface area contributed by atoms with E-state index >= 15 is 0 Å². The molecule has 0 aliphatic carbocycles. The van der Waals surface area contributed by atoms with Gasteiger partial charge in [-0.1, -0.05) is 6.07 Å². The molecule has 0 aliphatic rings. The lowest BCUT2D eigenvalue weighted by Crippen LogP contribution is -2.42. The lowest BCUT2D eigenvalue weighted by atomic mass is 10.3. The van der Waals surface area contributed by atoms with Crippen molar-refractivity contribution in [3.05, 3.63) is 22.4 Å². The Hall–Kier alpha value is -1.30. The van der Waals surface area contributed by atoms with Crippen LogP contribution in [0.1, 0.15) is 24.1 Å². The number of aliphatic hydroxyl groups excluding tert-OH is 4. The zero-order valence-electron chi connectivity index (χ0n) is 24.6. The lowest BCUT2D eigenvalue weighted by Gasteiger charge is -2.28.